The number of fused-ring (bicyclic) bond motifs is 1. The number of carboxylic acid groups (broad SMARTS) is 1. The van der Waals surface area contributed by atoms with Crippen molar-refractivity contribution in [3.63, 3.8) is 0 Å². The van der Waals surface area contributed by atoms with Crippen molar-refractivity contribution in [2.75, 3.05) is 11.4 Å². The molecule has 0 spiro atoms. The average molecular weight is 309 g/mol. The number of benzene rings is 2. The zero-order valence-electron chi connectivity index (χ0n) is 13.0. The molecule has 118 valence electrons. The summed E-state index contributed by atoms with van der Waals surface area (Å²) in [6.45, 7) is 1.79. The van der Waals surface area contributed by atoms with Gasteiger partial charge in [0.2, 0.25) is 5.91 Å². The molecule has 2 aromatic rings. The number of amides is 1. The van der Waals surface area contributed by atoms with Crippen LogP contribution in [0.3, 0.4) is 0 Å². The second kappa shape index (κ2) is 6.24. The molecule has 1 N–H and O–H groups in total. The Bertz CT molecular complexity index is 740. The molecule has 1 amide bonds. The van der Waals surface area contributed by atoms with E-state index in [9.17, 15) is 14.7 Å². The molecule has 0 aromatic heterocycles. The first kappa shape index (κ1) is 15.3. The fraction of sp³-hybridized carbons (Fsp3) is 0.263. The van der Waals surface area contributed by atoms with Crippen LogP contribution >= 0.6 is 0 Å². The highest BCUT2D eigenvalue weighted by molar-refractivity contribution is 6.02. The zero-order valence-corrected chi connectivity index (χ0v) is 13.0. The molecule has 0 fully saturated rings. The minimum absolute atomic E-state index is 0.124. The lowest BCUT2D eigenvalue weighted by Crippen LogP contribution is -2.35. The summed E-state index contributed by atoms with van der Waals surface area (Å²) in [6.07, 6.45) is 1.11. The Morgan fingerprint density at radius 2 is 1.91 bits per heavy atom. The highest BCUT2D eigenvalue weighted by Gasteiger charge is 2.29. The molecule has 23 heavy (non-hydrogen) atoms. The fourth-order valence-electron chi connectivity index (χ4n) is 3.17. The van der Waals surface area contributed by atoms with Crippen LogP contribution in [0.2, 0.25) is 0 Å². The number of carboxylic acids is 1. The number of anilines is 1. The standard InChI is InChI=1S/C19H19NO3/c1-13-10-11-17(21)20(12-18(22)23)19-15(13)8-5-9-16(19)14-6-3-2-4-7-14/h2-9,13H,10-12H2,1H3,(H,22,23). The molecular formula is C19H19NO3. The first-order chi connectivity index (χ1) is 11.1. The predicted molar refractivity (Wildman–Crippen MR) is 89.5 cm³/mol. The van der Waals surface area contributed by atoms with E-state index in [0.717, 1.165) is 28.8 Å². The lowest BCUT2D eigenvalue weighted by molar-refractivity contribution is -0.136. The number of hydrogen-bond donors (Lipinski definition) is 1. The van der Waals surface area contributed by atoms with Gasteiger partial charge < -0.3 is 10.0 Å². The largest absolute Gasteiger partial charge is 0.480 e. The van der Waals surface area contributed by atoms with E-state index in [4.69, 9.17) is 0 Å². The van der Waals surface area contributed by atoms with Crippen molar-refractivity contribution in [1.29, 1.82) is 0 Å². The SMILES string of the molecule is CC1CCC(=O)N(CC(=O)O)c2c(-c3ccccc3)cccc21. The molecule has 0 radical (unpaired) electrons. The monoisotopic (exact) mass is 309 g/mol. The van der Waals surface area contributed by atoms with Crippen LogP contribution in [-0.4, -0.2) is 23.5 Å². The Kier molecular flexibility index (Phi) is 4.15. The lowest BCUT2D eigenvalue weighted by atomic mass is 9.92. The fourth-order valence-corrected chi connectivity index (χ4v) is 3.17. The van der Waals surface area contributed by atoms with Gasteiger partial charge >= 0.3 is 5.97 Å². The van der Waals surface area contributed by atoms with Crippen LogP contribution in [0.1, 0.15) is 31.2 Å². The van der Waals surface area contributed by atoms with E-state index in [1.165, 1.54) is 4.90 Å². The van der Waals surface area contributed by atoms with Gasteiger partial charge in [-0.2, -0.15) is 0 Å². The van der Waals surface area contributed by atoms with Crippen molar-refractivity contribution in [3.8, 4) is 11.1 Å². The molecule has 4 heteroatoms. The van der Waals surface area contributed by atoms with E-state index < -0.39 is 5.97 Å². The van der Waals surface area contributed by atoms with Gasteiger partial charge in [0.15, 0.2) is 0 Å². The summed E-state index contributed by atoms with van der Waals surface area (Å²) in [5.41, 5.74) is 3.68. The summed E-state index contributed by atoms with van der Waals surface area (Å²) in [6, 6.07) is 15.7. The number of aliphatic carboxylic acids is 1. The topological polar surface area (TPSA) is 57.6 Å². The second-order valence-electron chi connectivity index (χ2n) is 5.92. The van der Waals surface area contributed by atoms with Gasteiger partial charge in [-0.05, 0) is 23.5 Å². The van der Waals surface area contributed by atoms with Crippen molar-refractivity contribution in [2.45, 2.75) is 25.7 Å². The molecule has 1 heterocycles. The number of hydrogen-bond acceptors (Lipinski definition) is 2. The van der Waals surface area contributed by atoms with Gasteiger partial charge in [-0.1, -0.05) is 55.5 Å². The zero-order chi connectivity index (χ0) is 16.4. The highest BCUT2D eigenvalue weighted by Crippen LogP contribution is 2.41. The summed E-state index contributed by atoms with van der Waals surface area (Å²) in [4.78, 5) is 25.2. The van der Waals surface area contributed by atoms with Crippen molar-refractivity contribution in [1.82, 2.24) is 0 Å². The number of rotatable bonds is 3. The molecule has 0 saturated heterocycles. The lowest BCUT2D eigenvalue weighted by Gasteiger charge is -2.25. The maximum Gasteiger partial charge on any atom is 0.323 e. The Morgan fingerprint density at radius 3 is 2.61 bits per heavy atom. The number of carbonyl (C=O) groups excluding carboxylic acids is 1. The average Bonchev–Trinajstić information content (AvgIpc) is 2.67. The molecule has 0 aliphatic carbocycles. The Balaban J connectivity index is 2.23. The first-order valence-electron chi connectivity index (χ1n) is 7.78. The first-order valence-corrected chi connectivity index (χ1v) is 7.78. The Morgan fingerprint density at radius 1 is 1.17 bits per heavy atom. The smallest absolute Gasteiger partial charge is 0.323 e. The molecule has 1 aliphatic rings. The van der Waals surface area contributed by atoms with E-state index in [-0.39, 0.29) is 18.4 Å². The van der Waals surface area contributed by atoms with Crippen molar-refractivity contribution in [3.05, 3.63) is 54.1 Å². The van der Waals surface area contributed by atoms with E-state index in [0.29, 0.717) is 6.42 Å². The normalized spacial score (nSPS) is 17.5. The van der Waals surface area contributed by atoms with Crippen LogP contribution in [0.5, 0.6) is 0 Å². The third kappa shape index (κ3) is 2.97. The molecule has 0 saturated carbocycles. The Hall–Kier alpha value is -2.62. The van der Waals surface area contributed by atoms with Gasteiger partial charge in [-0.15, -0.1) is 0 Å². The molecule has 2 aromatic carbocycles. The number of carbonyl (C=O) groups is 2. The van der Waals surface area contributed by atoms with Gasteiger partial charge in [0, 0.05) is 12.0 Å². The molecule has 1 unspecified atom stereocenters. The van der Waals surface area contributed by atoms with E-state index in [2.05, 4.69) is 6.92 Å². The quantitative estimate of drug-likeness (QED) is 0.941. The van der Waals surface area contributed by atoms with E-state index >= 15 is 0 Å². The molecule has 3 rings (SSSR count). The van der Waals surface area contributed by atoms with Crippen LogP contribution in [0.25, 0.3) is 11.1 Å². The summed E-state index contributed by atoms with van der Waals surface area (Å²) in [5.74, 6) is -0.903. The molecule has 1 atom stereocenters. The highest BCUT2D eigenvalue weighted by atomic mass is 16.4. The maximum absolute atomic E-state index is 12.5. The van der Waals surface area contributed by atoms with Crippen LogP contribution in [0.4, 0.5) is 5.69 Å². The van der Waals surface area contributed by atoms with Gasteiger partial charge in [-0.25, -0.2) is 0 Å². The second-order valence-corrected chi connectivity index (χ2v) is 5.92. The summed E-state index contributed by atoms with van der Waals surface area (Å²) >= 11 is 0. The van der Waals surface area contributed by atoms with Crippen LogP contribution in [-0.2, 0) is 9.59 Å². The van der Waals surface area contributed by atoms with Gasteiger partial charge in [0.1, 0.15) is 6.54 Å². The number of para-hydroxylation sites is 1. The molecular weight excluding hydrogens is 290 g/mol. The summed E-state index contributed by atoms with van der Waals surface area (Å²) < 4.78 is 0. The summed E-state index contributed by atoms with van der Waals surface area (Å²) in [5, 5.41) is 9.23. The van der Waals surface area contributed by atoms with Gasteiger partial charge in [0.25, 0.3) is 0 Å². The molecule has 1 aliphatic heterocycles. The molecule has 0 bridgehead atoms. The predicted octanol–water partition coefficient (Wildman–Crippen LogP) is 3.67. The maximum atomic E-state index is 12.5. The number of nitrogens with zero attached hydrogens (tertiary/aromatic N) is 1. The van der Waals surface area contributed by atoms with Gasteiger partial charge in [-0.3, -0.25) is 9.59 Å². The Labute approximate surface area is 135 Å². The molecule has 4 nitrogen and oxygen atoms in total. The third-order valence-electron chi connectivity index (χ3n) is 4.34. The van der Waals surface area contributed by atoms with Crippen LogP contribution in [0.15, 0.2) is 48.5 Å². The van der Waals surface area contributed by atoms with Crippen molar-refractivity contribution < 1.29 is 14.7 Å². The van der Waals surface area contributed by atoms with Crippen molar-refractivity contribution in [2.24, 2.45) is 0 Å². The minimum atomic E-state index is -0.998. The third-order valence-corrected chi connectivity index (χ3v) is 4.34. The van der Waals surface area contributed by atoms with Gasteiger partial charge in [0.05, 0.1) is 5.69 Å². The van der Waals surface area contributed by atoms with E-state index in [1.807, 2.05) is 48.5 Å². The summed E-state index contributed by atoms with van der Waals surface area (Å²) in [7, 11) is 0. The van der Waals surface area contributed by atoms with Crippen molar-refractivity contribution >= 4 is 17.6 Å². The van der Waals surface area contributed by atoms with Crippen LogP contribution in [0, 0.1) is 0 Å². The van der Waals surface area contributed by atoms with E-state index in [1.54, 1.807) is 0 Å². The minimum Gasteiger partial charge on any atom is -0.480 e. The van der Waals surface area contributed by atoms with Crippen LogP contribution < -0.4 is 4.90 Å².